The summed E-state index contributed by atoms with van der Waals surface area (Å²) >= 11 is 0. The van der Waals surface area contributed by atoms with Gasteiger partial charge in [-0.3, -0.25) is 4.90 Å². The number of halogens is 3. The second-order valence-corrected chi connectivity index (χ2v) is 3.99. The smallest absolute Gasteiger partial charge is 0.475 e. The van der Waals surface area contributed by atoms with E-state index >= 15 is 0 Å². The minimum atomic E-state index is -5.08. The molecule has 2 N–H and O–H groups in total. The topological polar surface area (TPSA) is 52.6 Å². The first-order chi connectivity index (χ1) is 7.70. The Morgan fingerprint density at radius 1 is 1.35 bits per heavy atom. The van der Waals surface area contributed by atoms with Crippen LogP contribution in [0.4, 0.5) is 13.2 Å². The first-order valence-electron chi connectivity index (χ1n) is 5.46. The van der Waals surface area contributed by atoms with Crippen LogP contribution in [-0.4, -0.2) is 53.9 Å². The molecule has 0 aromatic rings. The molecule has 1 aliphatic heterocycles. The second-order valence-electron chi connectivity index (χ2n) is 3.99. The van der Waals surface area contributed by atoms with E-state index in [1.165, 1.54) is 6.54 Å². The van der Waals surface area contributed by atoms with Crippen molar-refractivity contribution in [1.29, 1.82) is 0 Å². The molecule has 0 radical (unpaired) electrons. The predicted molar refractivity (Wildman–Crippen MR) is 57.9 cm³/mol. The van der Waals surface area contributed by atoms with Crippen molar-refractivity contribution in [3.05, 3.63) is 0 Å². The molecule has 2 atom stereocenters. The zero-order chi connectivity index (χ0) is 13.6. The third-order valence-electron chi connectivity index (χ3n) is 2.62. The Morgan fingerprint density at radius 2 is 1.71 bits per heavy atom. The fraction of sp³-hybridized carbons (Fsp3) is 0.900. The Morgan fingerprint density at radius 3 is 1.88 bits per heavy atom. The van der Waals surface area contributed by atoms with Gasteiger partial charge >= 0.3 is 12.1 Å². The maximum Gasteiger partial charge on any atom is 0.490 e. The molecule has 17 heavy (non-hydrogen) atoms. The quantitative estimate of drug-likeness (QED) is 0.743. The van der Waals surface area contributed by atoms with Crippen LogP contribution < -0.4 is 5.32 Å². The van der Waals surface area contributed by atoms with Gasteiger partial charge in [-0.1, -0.05) is 6.92 Å². The summed E-state index contributed by atoms with van der Waals surface area (Å²) in [5, 5.41) is 10.5. The van der Waals surface area contributed by atoms with Crippen molar-refractivity contribution in [2.24, 2.45) is 0 Å². The molecular weight excluding hydrogens is 237 g/mol. The van der Waals surface area contributed by atoms with Crippen LogP contribution in [0.3, 0.4) is 0 Å². The number of hydrogen-bond donors (Lipinski definition) is 2. The molecule has 0 spiro atoms. The Labute approximate surface area is 98.8 Å². The highest BCUT2D eigenvalue weighted by Gasteiger charge is 2.38. The van der Waals surface area contributed by atoms with Crippen molar-refractivity contribution in [3.63, 3.8) is 0 Å². The number of piperazine rings is 1. The lowest BCUT2D eigenvalue weighted by atomic mass is 10.1. The zero-order valence-electron chi connectivity index (χ0n) is 10.2. The average molecular weight is 256 g/mol. The van der Waals surface area contributed by atoms with Gasteiger partial charge in [-0.05, 0) is 20.4 Å². The monoisotopic (exact) mass is 256 g/mol. The number of hydrogen-bond acceptors (Lipinski definition) is 3. The fourth-order valence-electron chi connectivity index (χ4n) is 1.79. The molecule has 1 saturated heterocycles. The third-order valence-corrected chi connectivity index (χ3v) is 2.62. The van der Waals surface area contributed by atoms with Gasteiger partial charge in [0.25, 0.3) is 0 Å². The average Bonchev–Trinajstić information content (AvgIpc) is 2.17. The van der Waals surface area contributed by atoms with Crippen LogP contribution in [0.2, 0.25) is 0 Å². The van der Waals surface area contributed by atoms with Crippen molar-refractivity contribution in [1.82, 2.24) is 10.2 Å². The fourth-order valence-corrected chi connectivity index (χ4v) is 1.79. The lowest BCUT2D eigenvalue weighted by Crippen LogP contribution is -2.54. The third kappa shape index (κ3) is 5.88. The Hall–Kier alpha value is -0.820. The van der Waals surface area contributed by atoms with Gasteiger partial charge in [0.15, 0.2) is 0 Å². The zero-order valence-corrected chi connectivity index (χ0v) is 10.2. The summed E-state index contributed by atoms with van der Waals surface area (Å²) in [6.45, 7) is 10.3. The summed E-state index contributed by atoms with van der Waals surface area (Å²) in [4.78, 5) is 11.4. The van der Waals surface area contributed by atoms with E-state index in [9.17, 15) is 13.2 Å². The van der Waals surface area contributed by atoms with E-state index in [-0.39, 0.29) is 0 Å². The Bertz CT molecular complexity index is 236. The van der Waals surface area contributed by atoms with Gasteiger partial charge in [-0.25, -0.2) is 4.79 Å². The normalized spacial score (nSPS) is 26.0. The van der Waals surface area contributed by atoms with E-state index in [0.717, 1.165) is 13.1 Å². The van der Waals surface area contributed by atoms with Crippen molar-refractivity contribution >= 4 is 5.97 Å². The summed E-state index contributed by atoms with van der Waals surface area (Å²) in [6.07, 6.45) is -5.08. The minimum absolute atomic E-state index is 0.716. The minimum Gasteiger partial charge on any atom is -0.475 e. The predicted octanol–water partition coefficient (Wildman–Crippen LogP) is 1.32. The number of aliphatic carboxylic acids is 1. The summed E-state index contributed by atoms with van der Waals surface area (Å²) in [5.41, 5.74) is 0. The molecule has 0 aromatic carbocycles. The van der Waals surface area contributed by atoms with Gasteiger partial charge in [0.2, 0.25) is 0 Å². The molecule has 1 heterocycles. The van der Waals surface area contributed by atoms with Crippen LogP contribution in [0.5, 0.6) is 0 Å². The Balaban J connectivity index is 0.000000325. The number of rotatable bonds is 1. The summed E-state index contributed by atoms with van der Waals surface area (Å²) in [5.74, 6) is -2.76. The number of alkyl halides is 3. The second kappa shape index (κ2) is 6.80. The first kappa shape index (κ1) is 16.2. The molecule has 4 nitrogen and oxygen atoms in total. The van der Waals surface area contributed by atoms with Crippen LogP contribution in [0.1, 0.15) is 20.8 Å². The molecule has 7 heteroatoms. The SMILES string of the molecule is CCN1C(C)CNCC1C.O=C(O)C(F)(F)F. The van der Waals surface area contributed by atoms with Gasteiger partial charge in [-0.2, -0.15) is 13.2 Å². The largest absolute Gasteiger partial charge is 0.490 e. The molecule has 1 aliphatic rings. The van der Waals surface area contributed by atoms with E-state index in [4.69, 9.17) is 9.90 Å². The standard InChI is InChI=1S/C8H18N2.C2HF3O2/c1-4-10-7(2)5-9-6-8(10)3;3-2(4,5)1(6)7/h7-9H,4-6H2,1-3H3;(H,6,7). The lowest BCUT2D eigenvalue weighted by Gasteiger charge is -2.38. The molecular formula is C10H19F3N2O2. The van der Waals surface area contributed by atoms with Gasteiger partial charge in [0.1, 0.15) is 0 Å². The maximum atomic E-state index is 10.6. The molecule has 1 rings (SSSR count). The maximum absolute atomic E-state index is 10.6. The molecule has 0 aliphatic carbocycles. The van der Waals surface area contributed by atoms with Crippen molar-refractivity contribution < 1.29 is 23.1 Å². The highest BCUT2D eigenvalue weighted by Crippen LogP contribution is 2.13. The van der Waals surface area contributed by atoms with Gasteiger partial charge in [0.05, 0.1) is 0 Å². The Kier molecular flexibility index (Phi) is 6.48. The number of carboxylic acids is 1. The molecule has 0 aromatic heterocycles. The van der Waals surface area contributed by atoms with Crippen LogP contribution in [0.25, 0.3) is 0 Å². The molecule has 102 valence electrons. The van der Waals surface area contributed by atoms with E-state index < -0.39 is 12.1 Å². The highest BCUT2D eigenvalue weighted by atomic mass is 19.4. The van der Waals surface area contributed by atoms with E-state index in [1.54, 1.807) is 0 Å². The van der Waals surface area contributed by atoms with Crippen molar-refractivity contribution in [2.75, 3.05) is 19.6 Å². The van der Waals surface area contributed by atoms with Gasteiger partial charge in [-0.15, -0.1) is 0 Å². The molecule has 1 fully saturated rings. The first-order valence-corrected chi connectivity index (χ1v) is 5.46. The summed E-state index contributed by atoms with van der Waals surface area (Å²) in [7, 11) is 0. The number of carbonyl (C=O) groups is 1. The molecule has 0 bridgehead atoms. The number of likely N-dealkylation sites (N-methyl/N-ethyl adjacent to an activating group) is 1. The van der Waals surface area contributed by atoms with Crippen LogP contribution in [0.15, 0.2) is 0 Å². The van der Waals surface area contributed by atoms with Gasteiger partial charge in [0, 0.05) is 25.2 Å². The van der Waals surface area contributed by atoms with Crippen LogP contribution in [0, 0.1) is 0 Å². The van der Waals surface area contributed by atoms with Gasteiger partial charge < -0.3 is 10.4 Å². The molecule has 0 saturated carbocycles. The van der Waals surface area contributed by atoms with Crippen molar-refractivity contribution in [2.45, 2.75) is 39.0 Å². The summed E-state index contributed by atoms with van der Waals surface area (Å²) < 4.78 is 31.7. The van der Waals surface area contributed by atoms with Crippen LogP contribution in [-0.2, 0) is 4.79 Å². The molecule has 2 unspecified atom stereocenters. The number of nitrogens with zero attached hydrogens (tertiary/aromatic N) is 1. The number of carboxylic acid groups (broad SMARTS) is 1. The van der Waals surface area contributed by atoms with Crippen LogP contribution >= 0.6 is 0 Å². The van der Waals surface area contributed by atoms with Crippen molar-refractivity contribution in [3.8, 4) is 0 Å². The van der Waals surface area contributed by atoms with E-state index in [2.05, 4.69) is 31.0 Å². The van der Waals surface area contributed by atoms with E-state index in [1.807, 2.05) is 0 Å². The molecule has 0 amide bonds. The summed E-state index contributed by atoms with van der Waals surface area (Å²) in [6, 6.07) is 1.43. The van der Waals surface area contributed by atoms with E-state index in [0.29, 0.717) is 12.1 Å². The number of nitrogens with one attached hydrogen (secondary N) is 1. The lowest BCUT2D eigenvalue weighted by molar-refractivity contribution is -0.192. The highest BCUT2D eigenvalue weighted by molar-refractivity contribution is 5.73.